The third-order valence-corrected chi connectivity index (χ3v) is 3.29. The number of amides is 2. The molecule has 1 rings (SSSR count). The van der Waals surface area contributed by atoms with Gasteiger partial charge in [-0.15, -0.1) is 0 Å². The maximum Gasteiger partial charge on any atom is 0.251 e. The van der Waals surface area contributed by atoms with E-state index in [2.05, 4.69) is 5.32 Å². The van der Waals surface area contributed by atoms with Gasteiger partial charge in [-0.05, 0) is 46.8 Å². The number of carbonyl (C=O) groups excluding carboxylic acids is 2. The standard InChI is InChI=1S/C17H26N2O3/c1-11(2)19(10-14(5)20)16(21)9-18-17(22)15-7-12(3)6-13(4)8-15/h6-8,11,14,20H,9-10H2,1-5H3,(H,18,22). The van der Waals surface area contributed by atoms with E-state index < -0.39 is 6.10 Å². The van der Waals surface area contributed by atoms with Crippen molar-refractivity contribution in [3.63, 3.8) is 0 Å². The van der Waals surface area contributed by atoms with Crippen LogP contribution >= 0.6 is 0 Å². The van der Waals surface area contributed by atoms with Crippen LogP contribution in [-0.4, -0.2) is 47.1 Å². The zero-order valence-corrected chi connectivity index (χ0v) is 14.0. The molecule has 0 radical (unpaired) electrons. The van der Waals surface area contributed by atoms with Gasteiger partial charge in [-0.1, -0.05) is 17.2 Å². The number of aliphatic hydroxyl groups excluding tert-OH is 1. The van der Waals surface area contributed by atoms with Gasteiger partial charge in [-0.25, -0.2) is 0 Å². The van der Waals surface area contributed by atoms with Gasteiger partial charge in [-0.3, -0.25) is 9.59 Å². The lowest BCUT2D eigenvalue weighted by atomic mass is 10.1. The summed E-state index contributed by atoms with van der Waals surface area (Å²) in [4.78, 5) is 25.9. The summed E-state index contributed by atoms with van der Waals surface area (Å²) in [6.07, 6.45) is -0.596. The maximum atomic E-state index is 12.2. The summed E-state index contributed by atoms with van der Waals surface area (Å²) in [5.41, 5.74) is 2.57. The highest BCUT2D eigenvalue weighted by atomic mass is 16.3. The van der Waals surface area contributed by atoms with Gasteiger partial charge in [0.2, 0.25) is 5.91 Å². The highest BCUT2D eigenvalue weighted by molar-refractivity contribution is 5.96. The number of rotatable bonds is 6. The lowest BCUT2D eigenvalue weighted by Crippen LogP contribution is -2.46. The van der Waals surface area contributed by atoms with Crippen molar-refractivity contribution < 1.29 is 14.7 Å². The van der Waals surface area contributed by atoms with Gasteiger partial charge in [0, 0.05) is 18.2 Å². The van der Waals surface area contributed by atoms with Crippen molar-refractivity contribution in [2.45, 2.75) is 46.8 Å². The van der Waals surface area contributed by atoms with Gasteiger partial charge in [-0.2, -0.15) is 0 Å². The zero-order chi connectivity index (χ0) is 16.9. The summed E-state index contributed by atoms with van der Waals surface area (Å²) in [7, 11) is 0. The molecule has 0 saturated heterocycles. The molecular weight excluding hydrogens is 280 g/mol. The Kier molecular flexibility index (Phi) is 6.56. The molecule has 1 unspecified atom stereocenters. The average molecular weight is 306 g/mol. The van der Waals surface area contributed by atoms with E-state index in [1.54, 1.807) is 24.0 Å². The van der Waals surface area contributed by atoms with E-state index >= 15 is 0 Å². The Morgan fingerprint density at radius 3 is 2.14 bits per heavy atom. The molecule has 1 aromatic rings. The van der Waals surface area contributed by atoms with Crippen LogP contribution in [0, 0.1) is 13.8 Å². The largest absolute Gasteiger partial charge is 0.392 e. The van der Waals surface area contributed by atoms with Crippen molar-refractivity contribution >= 4 is 11.8 Å². The van der Waals surface area contributed by atoms with Crippen LogP contribution in [0.5, 0.6) is 0 Å². The van der Waals surface area contributed by atoms with Crippen LogP contribution in [0.25, 0.3) is 0 Å². The monoisotopic (exact) mass is 306 g/mol. The first kappa shape index (κ1) is 18.2. The molecule has 0 aromatic heterocycles. The first-order valence-corrected chi connectivity index (χ1v) is 7.54. The molecule has 0 aliphatic rings. The smallest absolute Gasteiger partial charge is 0.251 e. The fourth-order valence-corrected chi connectivity index (χ4v) is 2.35. The normalized spacial score (nSPS) is 12.1. The number of hydrogen-bond acceptors (Lipinski definition) is 3. The van der Waals surface area contributed by atoms with E-state index in [0.717, 1.165) is 11.1 Å². The van der Waals surface area contributed by atoms with Gasteiger partial charge >= 0.3 is 0 Å². The Morgan fingerprint density at radius 2 is 1.68 bits per heavy atom. The predicted molar refractivity (Wildman–Crippen MR) is 86.8 cm³/mol. The van der Waals surface area contributed by atoms with E-state index in [1.807, 2.05) is 33.8 Å². The number of aliphatic hydroxyl groups is 1. The van der Waals surface area contributed by atoms with Crippen LogP contribution in [-0.2, 0) is 4.79 Å². The summed E-state index contributed by atoms with van der Waals surface area (Å²) >= 11 is 0. The topological polar surface area (TPSA) is 69.6 Å². The number of hydrogen-bond donors (Lipinski definition) is 2. The molecule has 1 atom stereocenters. The molecule has 0 fully saturated rings. The zero-order valence-electron chi connectivity index (χ0n) is 14.0. The number of nitrogens with zero attached hydrogens (tertiary/aromatic N) is 1. The number of aryl methyl sites for hydroxylation is 2. The summed E-state index contributed by atoms with van der Waals surface area (Å²) in [6.45, 7) is 9.44. The number of benzene rings is 1. The van der Waals surface area contributed by atoms with Crippen molar-refractivity contribution in [3.8, 4) is 0 Å². The Morgan fingerprint density at radius 1 is 1.14 bits per heavy atom. The van der Waals surface area contributed by atoms with E-state index in [1.165, 1.54) is 0 Å². The van der Waals surface area contributed by atoms with Crippen molar-refractivity contribution in [2.75, 3.05) is 13.1 Å². The molecule has 1 aromatic carbocycles. The first-order valence-electron chi connectivity index (χ1n) is 7.54. The van der Waals surface area contributed by atoms with Gasteiger partial charge in [0.1, 0.15) is 0 Å². The molecule has 0 aliphatic carbocycles. The molecule has 22 heavy (non-hydrogen) atoms. The molecule has 2 amide bonds. The van der Waals surface area contributed by atoms with E-state index in [9.17, 15) is 14.7 Å². The van der Waals surface area contributed by atoms with Crippen LogP contribution < -0.4 is 5.32 Å². The second-order valence-electron chi connectivity index (χ2n) is 6.05. The fraction of sp³-hybridized carbons (Fsp3) is 0.529. The Labute approximate surface area is 132 Å². The molecule has 0 saturated carbocycles. The average Bonchev–Trinajstić information content (AvgIpc) is 2.40. The lowest BCUT2D eigenvalue weighted by Gasteiger charge is -2.28. The summed E-state index contributed by atoms with van der Waals surface area (Å²) in [5.74, 6) is -0.463. The number of carbonyl (C=O) groups is 2. The third kappa shape index (κ3) is 5.48. The minimum Gasteiger partial charge on any atom is -0.392 e. The second-order valence-corrected chi connectivity index (χ2v) is 6.05. The number of nitrogens with one attached hydrogen (secondary N) is 1. The molecular formula is C17H26N2O3. The summed E-state index contributed by atoms with van der Waals surface area (Å²) in [6, 6.07) is 5.55. The highest BCUT2D eigenvalue weighted by Crippen LogP contribution is 2.08. The van der Waals surface area contributed by atoms with Crippen LogP contribution in [0.2, 0.25) is 0 Å². The van der Waals surface area contributed by atoms with Crippen molar-refractivity contribution in [3.05, 3.63) is 34.9 Å². The van der Waals surface area contributed by atoms with Crippen LogP contribution in [0.3, 0.4) is 0 Å². The van der Waals surface area contributed by atoms with Crippen molar-refractivity contribution in [1.82, 2.24) is 10.2 Å². The van der Waals surface area contributed by atoms with Gasteiger partial charge in [0.05, 0.1) is 12.6 Å². The minimum absolute atomic E-state index is 0.0276. The van der Waals surface area contributed by atoms with Crippen LogP contribution in [0.4, 0.5) is 0 Å². The van der Waals surface area contributed by atoms with Crippen molar-refractivity contribution in [1.29, 1.82) is 0 Å². The fourth-order valence-electron chi connectivity index (χ4n) is 2.35. The minimum atomic E-state index is -0.596. The SMILES string of the molecule is Cc1cc(C)cc(C(=O)NCC(=O)N(CC(C)O)C(C)C)c1. The molecule has 0 bridgehead atoms. The van der Waals surface area contributed by atoms with Gasteiger partial charge in [0.25, 0.3) is 5.91 Å². The van der Waals surface area contributed by atoms with Crippen molar-refractivity contribution in [2.24, 2.45) is 0 Å². The Balaban J connectivity index is 2.67. The molecule has 0 heterocycles. The predicted octanol–water partition coefficient (Wildman–Crippen LogP) is 1.65. The van der Waals surface area contributed by atoms with E-state index in [-0.39, 0.29) is 30.9 Å². The molecule has 2 N–H and O–H groups in total. The second kappa shape index (κ2) is 7.94. The van der Waals surface area contributed by atoms with E-state index in [4.69, 9.17) is 0 Å². The molecule has 0 spiro atoms. The molecule has 5 heteroatoms. The molecule has 0 aliphatic heterocycles. The molecule has 5 nitrogen and oxygen atoms in total. The lowest BCUT2D eigenvalue weighted by molar-refractivity contribution is -0.133. The van der Waals surface area contributed by atoms with Gasteiger partial charge in [0.15, 0.2) is 0 Å². The Hall–Kier alpha value is -1.88. The van der Waals surface area contributed by atoms with Crippen LogP contribution in [0.15, 0.2) is 18.2 Å². The molecule has 122 valence electrons. The Bertz CT molecular complexity index is 518. The highest BCUT2D eigenvalue weighted by Gasteiger charge is 2.19. The summed E-state index contributed by atoms with van der Waals surface area (Å²) in [5, 5.41) is 12.1. The van der Waals surface area contributed by atoms with Gasteiger partial charge < -0.3 is 15.3 Å². The maximum absolute atomic E-state index is 12.2. The summed E-state index contributed by atoms with van der Waals surface area (Å²) < 4.78 is 0. The van der Waals surface area contributed by atoms with E-state index in [0.29, 0.717) is 5.56 Å². The third-order valence-electron chi connectivity index (χ3n) is 3.29. The quantitative estimate of drug-likeness (QED) is 0.839. The van der Waals surface area contributed by atoms with Crippen LogP contribution in [0.1, 0.15) is 42.3 Å². The first-order chi connectivity index (χ1) is 10.2.